The van der Waals surface area contributed by atoms with Gasteiger partial charge >= 0.3 is 11.9 Å². The van der Waals surface area contributed by atoms with Crippen molar-refractivity contribution < 1.29 is 23.8 Å². The summed E-state index contributed by atoms with van der Waals surface area (Å²) in [6.45, 7) is 2.33. The van der Waals surface area contributed by atoms with Crippen LogP contribution in [-0.2, 0) is 14.3 Å². The predicted molar refractivity (Wildman–Crippen MR) is 116 cm³/mol. The van der Waals surface area contributed by atoms with Crippen molar-refractivity contribution in [2.24, 2.45) is 10.9 Å². The van der Waals surface area contributed by atoms with Crippen molar-refractivity contribution in [1.29, 1.82) is 0 Å². The first-order chi connectivity index (χ1) is 14.9. The monoisotopic (exact) mass is 507 g/mol. The fourth-order valence-electron chi connectivity index (χ4n) is 3.98. The Bertz CT molecular complexity index is 1090. The van der Waals surface area contributed by atoms with Crippen molar-refractivity contribution in [2.45, 2.75) is 25.8 Å². The van der Waals surface area contributed by atoms with Gasteiger partial charge in [-0.25, -0.2) is 14.2 Å². The standard InChI is InChI=1S/C21H19BrFN3O4S/c1-2-30-21(29)17-15-7-11(8-16(27)28)10-26(15)19(20-24-5-6-31-20)25-18(17)13-4-3-12(23)9-14(13)22/h3-6,9,11,18H,2,7-8,10H2,1H3,(H,27,28)/t11-,18-/m0/s1. The van der Waals surface area contributed by atoms with Gasteiger partial charge < -0.3 is 14.7 Å². The summed E-state index contributed by atoms with van der Waals surface area (Å²) < 4.78 is 19.6. The Hall–Kier alpha value is -2.59. The molecule has 0 radical (unpaired) electrons. The molecule has 2 aliphatic rings. The lowest BCUT2D eigenvalue weighted by atomic mass is 9.93. The third-order valence-electron chi connectivity index (χ3n) is 5.18. The first-order valence-electron chi connectivity index (χ1n) is 9.71. The molecule has 0 amide bonds. The largest absolute Gasteiger partial charge is 0.481 e. The Morgan fingerprint density at radius 2 is 2.23 bits per heavy atom. The van der Waals surface area contributed by atoms with Crippen LogP contribution in [0.3, 0.4) is 0 Å². The van der Waals surface area contributed by atoms with E-state index in [1.54, 1.807) is 19.2 Å². The van der Waals surface area contributed by atoms with E-state index < -0.39 is 23.8 Å². The van der Waals surface area contributed by atoms with Crippen LogP contribution in [0, 0.1) is 11.7 Å². The Balaban J connectivity index is 1.89. The normalized spacial score (nSPS) is 20.5. The van der Waals surface area contributed by atoms with E-state index in [0.29, 0.717) is 45.1 Å². The second kappa shape index (κ2) is 8.88. The summed E-state index contributed by atoms with van der Waals surface area (Å²) in [6, 6.07) is 3.50. The second-order valence-electron chi connectivity index (χ2n) is 7.22. The second-order valence-corrected chi connectivity index (χ2v) is 8.97. The highest BCUT2D eigenvalue weighted by atomic mass is 79.9. The van der Waals surface area contributed by atoms with Crippen LogP contribution in [0.2, 0.25) is 0 Å². The van der Waals surface area contributed by atoms with Crippen LogP contribution in [0.1, 0.15) is 36.4 Å². The van der Waals surface area contributed by atoms with Gasteiger partial charge in [-0.15, -0.1) is 11.3 Å². The van der Waals surface area contributed by atoms with Gasteiger partial charge in [0.25, 0.3) is 0 Å². The van der Waals surface area contributed by atoms with Gasteiger partial charge in [0.05, 0.1) is 18.6 Å². The summed E-state index contributed by atoms with van der Waals surface area (Å²) in [7, 11) is 0. The molecule has 2 aliphatic heterocycles. The first-order valence-corrected chi connectivity index (χ1v) is 11.4. The lowest BCUT2D eigenvalue weighted by Gasteiger charge is -2.32. The molecule has 1 aromatic heterocycles. The Kier molecular flexibility index (Phi) is 6.19. The molecular weight excluding hydrogens is 489 g/mol. The summed E-state index contributed by atoms with van der Waals surface area (Å²) in [5, 5.41) is 11.8. The van der Waals surface area contributed by atoms with Crippen molar-refractivity contribution in [1.82, 2.24) is 9.88 Å². The van der Waals surface area contributed by atoms with Crippen LogP contribution >= 0.6 is 27.3 Å². The molecule has 31 heavy (non-hydrogen) atoms. The van der Waals surface area contributed by atoms with Crippen molar-refractivity contribution in [3.05, 3.63) is 61.9 Å². The number of amidine groups is 1. The highest BCUT2D eigenvalue weighted by molar-refractivity contribution is 9.10. The number of aliphatic carboxylic acids is 1. The molecule has 0 aliphatic carbocycles. The fraction of sp³-hybridized carbons (Fsp3) is 0.333. The molecule has 10 heteroatoms. The zero-order valence-electron chi connectivity index (χ0n) is 16.5. The zero-order chi connectivity index (χ0) is 22.1. The minimum atomic E-state index is -0.895. The van der Waals surface area contributed by atoms with Crippen LogP contribution in [0.5, 0.6) is 0 Å². The van der Waals surface area contributed by atoms with Crippen molar-refractivity contribution in [3.63, 3.8) is 0 Å². The van der Waals surface area contributed by atoms with Gasteiger partial charge in [0, 0.05) is 28.3 Å². The average molecular weight is 508 g/mol. The third kappa shape index (κ3) is 4.27. The highest BCUT2D eigenvalue weighted by Crippen LogP contribution is 2.44. The fourth-order valence-corrected chi connectivity index (χ4v) is 5.18. The number of fused-ring (bicyclic) bond motifs is 1. The third-order valence-corrected chi connectivity index (χ3v) is 6.64. The lowest BCUT2D eigenvalue weighted by Crippen LogP contribution is -2.35. The average Bonchev–Trinajstić information content (AvgIpc) is 3.36. The molecule has 0 unspecified atom stereocenters. The molecule has 2 atom stereocenters. The smallest absolute Gasteiger partial charge is 0.338 e. The minimum Gasteiger partial charge on any atom is -0.481 e. The van der Waals surface area contributed by atoms with E-state index in [9.17, 15) is 19.1 Å². The summed E-state index contributed by atoms with van der Waals surface area (Å²) in [4.78, 5) is 35.5. The van der Waals surface area contributed by atoms with Crippen LogP contribution in [0.4, 0.5) is 4.39 Å². The SMILES string of the molecule is CCOC(=O)C1=C2C[C@@H](CC(=O)O)CN2C(c2nccs2)=N[C@H]1c1ccc(F)cc1Br. The molecule has 7 nitrogen and oxygen atoms in total. The zero-order valence-corrected chi connectivity index (χ0v) is 19.0. The van der Waals surface area contributed by atoms with Gasteiger partial charge in [-0.05, 0) is 37.0 Å². The molecule has 0 spiro atoms. The number of carbonyl (C=O) groups excluding carboxylic acids is 1. The quantitative estimate of drug-likeness (QED) is 0.590. The number of halogens is 2. The number of carbonyl (C=O) groups is 2. The number of carboxylic acids is 1. The Labute approximate surface area is 190 Å². The summed E-state index contributed by atoms with van der Waals surface area (Å²) in [5.74, 6) is -1.43. The number of esters is 1. The van der Waals surface area contributed by atoms with Crippen LogP contribution in [0.25, 0.3) is 0 Å². The lowest BCUT2D eigenvalue weighted by molar-refractivity contribution is -0.139. The van der Waals surface area contributed by atoms with E-state index in [2.05, 4.69) is 20.9 Å². The maximum atomic E-state index is 13.7. The van der Waals surface area contributed by atoms with Crippen molar-refractivity contribution in [2.75, 3.05) is 13.2 Å². The Morgan fingerprint density at radius 1 is 1.42 bits per heavy atom. The number of rotatable bonds is 6. The van der Waals surface area contributed by atoms with E-state index in [0.717, 1.165) is 0 Å². The molecule has 1 aromatic carbocycles. The van der Waals surface area contributed by atoms with Crippen LogP contribution in [0.15, 0.2) is 50.5 Å². The van der Waals surface area contributed by atoms with Gasteiger partial charge in [0.1, 0.15) is 11.9 Å². The molecule has 2 aromatic rings. The summed E-state index contributed by atoms with van der Waals surface area (Å²) in [6.07, 6.45) is 2.05. The first kappa shape index (κ1) is 21.6. The number of carboxylic acid groups (broad SMARTS) is 1. The number of allylic oxidation sites excluding steroid dienone is 1. The predicted octanol–water partition coefficient (Wildman–Crippen LogP) is 4.16. The highest BCUT2D eigenvalue weighted by Gasteiger charge is 2.42. The molecular formula is C21H19BrFN3O4S. The molecule has 162 valence electrons. The number of thiazole rings is 1. The van der Waals surface area contributed by atoms with Gasteiger partial charge in [0.2, 0.25) is 0 Å². The molecule has 3 heterocycles. The van der Waals surface area contributed by atoms with E-state index in [1.807, 2.05) is 10.3 Å². The molecule has 0 bridgehead atoms. The maximum absolute atomic E-state index is 13.7. The summed E-state index contributed by atoms with van der Waals surface area (Å²) >= 11 is 4.80. The number of aliphatic imine (C=N–C) groups is 1. The van der Waals surface area contributed by atoms with Gasteiger partial charge in [-0.3, -0.25) is 9.79 Å². The summed E-state index contributed by atoms with van der Waals surface area (Å²) in [5.41, 5.74) is 1.65. The van der Waals surface area contributed by atoms with E-state index >= 15 is 0 Å². The molecule has 1 fully saturated rings. The number of hydrogen-bond acceptors (Lipinski definition) is 7. The number of aromatic nitrogens is 1. The number of hydrogen-bond donors (Lipinski definition) is 1. The Morgan fingerprint density at radius 3 is 2.87 bits per heavy atom. The topological polar surface area (TPSA) is 92.1 Å². The van der Waals surface area contributed by atoms with Crippen molar-refractivity contribution >= 4 is 45.0 Å². The molecule has 1 saturated heterocycles. The molecule has 0 saturated carbocycles. The maximum Gasteiger partial charge on any atom is 0.338 e. The van der Waals surface area contributed by atoms with E-state index in [-0.39, 0.29) is 18.9 Å². The molecule has 1 N–H and O–H groups in total. The number of ether oxygens (including phenoxy) is 1. The minimum absolute atomic E-state index is 0.0217. The van der Waals surface area contributed by atoms with Crippen LogP contribution in [-0.4, -0.2) is 45.9 Å². The van der Waals surface area contributed by atoms with E-state index in [4.69, 9.17) is 9.73 Å². The van der Waals surface area contributed by atoms with Gasteiger partial charge in [-0.2, -0.15) is 0 Å². The van der Waals surface area contributed by atoms with E-state index in [1.165, 1.54) is 23.5 Å². The van der Waals surface area contributed by atoms with Crippen molar-refractivity contribution in [3.8, 4) is 0 Å². The van der Waals surface area contributed by atoms with Crippen LogP contribution < -0.4 is 0 Å². The van der Waals surface area contributed by atoms with Gasteiger partial charge in [-0.1, -0.05) is 22.0 Å². The molecule has 4 rings (SSSR count). The number of nitrogens with zero attached hydrogens (tertiary/aromatic N) is 3. The van der Waals surface area contributed by atoms with Gasteiger partial charge in [0.15, 0.2) is 10.8 Å². The number of benzene rings is 1.